The lowest BCUT2D eigenvalue weighted by Crippen LogP contribution is -2.33. The fraction of sp³-hybridized carbons (Fsp3) is 0.647. The van der Waals surface area contributed by atoms with Gasteiger partial charge in [0.25, 0.3) is 0 Å². The number of benzene rings is 1. The van der Waals surface area contributed by atoms with Gasteiger partial charge in [-0.05, 0) is 64.0 Å². The summed E-state index contributed by atoms with van der Waals surface area (Å²) in [4.78, 5) is 4.94. The second kappa shape index (κ2) is 8.15. The molecule has 1 aromatic rings. The molecule has 0 unspecified atom stereocenters. The van der Waals surface area contributed by atoms with Crippen molar-refractivity contribution >= 4 is 11.4 Å². The molecule has 1 heterocycles. The maximum absolute atomic E-state index is 3.53. The zero-order valence-corrected chi connectivity index (χ0v) is 13.1. The van der Waals surface area contributed by atoms with Gasteiger partial charge in [0.15, 0.2) is 0 Å². The quantitative estimate of drug-likeness (QED) is 0.822. The van der Waals surface area contributed by atoms with Crippen LogP contribution < -0.4 is 10.2 Å². The number of hydrogen-bond acceptors (Lipinski definition) is 3. The molecule has 0 radical (unpaired) electrons. The van der Waals surface area contributed by atoms with Gasteiger partial charge in [-0.3, -0.25) is 0 Å². The third kappa shape index (κ3) is 4.41. The summed E-state index contributed by atoms with van der Waals surface area (Å²) in [6.45, 7) is 11.3. The summed E-state index contributed by atoms with van der Waals surface area (Å²) in [5.41, 5.74) is 2.55. The topological polar surface area (TPSA) is 18.5 Å². The molecule has 2 rings (SSSR count). The van der Waals surface area contributed by atoms with Crippen LogP contribution in [-0.2, 0) is 0 Å². The maximum Gasteiger partial charge on any atom is 0.0367 e. The monoisotopic (exact) mass is 275 g/mol. The Kier molecular flexibility index (Phi) is 6.19. The molecule has 0 aliphatic carbocycles. The van der Waals surface area contributed by atoms with Crippen LogP contribution in [0.4, 0.5) is 11.4 Å². The van der Waals surface area contributed by atoms with Crippen molar-refractivity contribution in [3.05, 3.63) is 24.3 Å². The Morgan fingerprint density at radius 2 is 1.65 bits per heavy atom. The minimum Gasteiger partial charge on any atom is -0.384 e. The Morgan fingerprint density at radius 3 is 2.25 bits per heavy atom. The number of nitrogens with zero attached hydrogens (tertiary/aromatic N) is 2. The van der Waals surface area contributed by atoms with Crippen molar-refractivity contribution in [2.75, 3.05) is 49.5 Å². The molecule has 1 aromatic carbocycles. The normalized spacial score (nSPS) is 16.1. The highest BCUT2D eigenvalue weighted by atomic mass is 15.1. The summed E-state index contributed by atoms with van der Waals surface area (Å²) in [5.74, 6) is 0. The van der Waals surface area contributed by atoms with Gasteiger partial charge in [-0.2, -0.15) is 0 Å². The first kappa shape index (κ1) is 15.2. The largest absolute Gasteiger partial charge is 0.384 e. The first-order valence-corrected chi connectivity index (χ1v) is 8.14. The molecule has 0 atom stereocenters. The summed E-state index contributed by atoms with van der Waals surface area (Å²) in [6, 6.07) is 8.83. The first-order valence-electron chi connectivity index (χ1n) is 8.14. The zero-order chi connectivity index (χ0) is 14.2. The molecule has 20 heavy (non-hydrogen) atoms. The molecule has 0 amide bonds. The molecule has 112 valence electrons. The number of nitrogens with one attached hydrogen (secondary N) is 1. The number of anilines is 2. The van der Waals surface area contributed by atoms with Crippen LogP contribution in [0.5, 0.6) is 0 Å². The van der Waals surface area contributed by atoms with E-state index in [0.717, 1.165) is 26.2 Å². The molecule has 1 fully saturated rings. The summed E-state index contributed by atoms with van der Waals surface area (Å²) in [5, 5.41) is 3.53. The number of rotatable bonds is 7. The van der Waals surface area contributed by atoms with Crippen LogP contribution in [0.1, 0.15) is 33.1 Å². The van der Waals surface area contributed by atoms with Gasteiger partial charge >= 0.3 is 0 Å². The molecule has 1 aliphatic rings. The second-order valence-electron chi connectivity index (χ2n) is 5.55. The zero-order valence-electron chi connectivity index (χ0n) is 13.1. The summed E-state index contributed by atoms with van der Waals surface area (Å²) in [7, 11) is 0. The molecule has 0 bridgehead atoms. The molecule has 1 N–H and O–H groups in total. The van der Waals surface area contributed by atoms with E-state index in [1.54, 1.807) is 0 Å². The molecule has 3 heteroatoms. The Bertz CT molecular complexity index is 364. The maximum atomic E-state index is 3.53. The predicted octanol–water partition coefficient (Wildman–Crippen LogP) is 3.43. The van der Waals surface area contributed by atoms with Crippen LogP contribution in [0.15, 0.2) is 24.3 Å². The fourth-order valence-electron chi connectivity index (χ4n) is 2.92. The lowest BCUT2D eigenvalue weighted by Gasteiger charge is -2.26. The lowest BCUT2D eigenvalue weighted by atomic mass is 10.1. The highest BCUT2D eigenvalue weighted by Crippen LogP contribution is 2.17. The number of piperidine rings is 1. The van der Waals surface area contributed by atoms with Gasteiger partial charge < -0.3 is 15.1 Å². The van der Waals surface area contributed by atoms with E-state index in [2.05, 4.69) is 53.2 Å². The fourth-order valence-corrected chi connectivity index (χ4v) is 2.92. The van der Waals surface area contributed by atoms with Crippen LogP contribution in [0.2, 0.25) is 0 Å². The third-order valence-electron chi connectivity index (χ3n) is 4.20. The van der Waals surface area contributed by atoms with Crippen molar-refractivity contribution in [3.63, 3.8) is 0 Å². The molecule has 0 aromatic heterocycles. The third-order valence-corrected chi connectivity index (χ3v) is 4.20. The SMILES string of the molecule is CCN(CC)c1ccc(NCCN2CCCCC2)cc1. The van der Waals surface area contributed by atoms with Crippen molar-refractivity contribution in [2.45, 2.75) is 33.1 Å². The standard InChI is InChI=1S/C17H29N3/c1-3-20(4-2)17-10-8-16(9-11-17)18-12-15-19-13-6-5-7-14-19/h8-11,18H,3-7,12-15H2,1-2H3. The van der Waals surface area contributed by atoms with Crippen LogP contribution in [-0.4, -0.2) is 44.2 Å². The van der Waals surface area contributed by atoms with Crippen molar-refractivity contribution in [1.82, 2.24) is 4.90 Å². The Morgan fingerprint density at radius 1 is 1.00 bits per heavy atom. The molecule has 1 saturated heterocycles. The van der Waals surface area contributed by atoms with Crippen LogP contribution in [0.3, 0.4) is 0 Å². The average Bonchev–Trinajstić information content (AvgIpc) is 2.51. The van der Waals surface area contributed by atoms with Crippen molar-refractivity contribution in [1.29, 1.82) is 0 Å². The van der Waals surface area contributed by atoms with E-state index < -0.39 is 0 Å². The molecular formula is C17H29N3. The van der Waals surface area contributed by atoms with Crippen LogP contribution in [0, 0.1) is 0 Å². The van der Waals surface area contributed by atoms with E-state index in [9.17, 15) is 0 Å². The van der Waals surface area contributed by atoms with E-state index in [1.807, 2.05) is 0 Å². The van der Waals surface area contributed by atoms with Gasteiger partial charge in [0.05, 0.1) is 0 Å². The summed E-state index contributed by atoms with van der Waals surface area (Å²) < 4.78 is 0. The van der Waals surface area contributed by atoms with Gasteiger partial charge in [-0.25, -0.2) is 0 Å². The van der Waals surface area contributed by atoms with Crippen LogP contribution >= 0.6 is 0 Å². The molecule has 3 nitrogen and oxygen atoms in total. The van der Waals surface area contributed by atoms with Gasteiger partial charge in [-0.15, -0.1) is 0 Å². The Hall–Kier alpha value is -1.22. The second-order valence-corrected chi connectivity index (χ2v) is 5.55. The Labute approximate surface area is 124 Å². The highest BCUT2D eigenvalue weighted by Gasteiger charge is 2.08. The van der Waals surface area contributed by atoms with E-state index in [-0.39, 0.29) is 0 Å². The van der Waals surface area contributed by atoms with Crippen molar-refractivity contribution in [3.8, 4) is 0 Å². The average molecular weight is 275 g/mol. The lowest BCUT2D eigenvalue weighted by molar-refractivity contribution is 0.237. The van der Waals surface area contributed by atoms with E-state index in [1.165, 1.54) is 43.7 Å². The predicted molar refractivity (Wildman–Crippen MR) is 88.8 cm³/mol. The van der Waals surface area contributed by atoms with Gasteiger partial charge in [0.2, 0.25) is 0 Å². The number of likely N-dealkylation sites (tertiary alicyclic amines) is 1. The smallest absolute Gasteiger partial charge is 0.0367 e. The summed E-state index contributed by atoms with van der Waals surface area (Å²) in [6.07, 6.45) is 4.16. The van der Waals surface area contributed by atoms with Gasteiger partial charge in [0, 0.05) is 37.6 Å². The molecule has 1 aliphatic heterocycles. The van der Waals surface area contributed by atoms with Crippen LogP contribution in [0.25, 0.3) is 0 Å². The molecular weight excluding hydrogens is 246 g/mol. The summed E-state index contributed by atoms with van der Waals surface area (Å²) >= 11 is 0. The van der Waals surface area contributed by atoms with Gasteiger partial charge in [0.1, 0.15) is 0 Å². The minimum atomic E-state index is 1.05. The van der Waals surface area contributed by atoms with Crippen molar-refractivity contribution in [2.24, 2.45) is 0 Å². The highest BCUT2D eigenvalue weighted by molar-refractivity contribution is 5.55. The van der Waals surface area contributed by atoms with E-state index in [0.29, 0.717) is 0 Å². The first-order chi connectivity index (χ1) is 9.83. The van der Waals surface area contributed by atoms with Gasteiger partial charge in [-0.1, -0.05) is 6.42 Å². The Balaban J connectivity index is 1.75. The van der Waals surface area contributed by atoms with E-state index in [4.69, 9.17) is 0 Å². The van der Waals surface area contributed by atoms with E-state index >= 15 is 0 Å². The molecule has 0 spiro atoms. The minimum absolute atomic E-state index is 1.05. The molecule has 0 saturated carbocycles. The number of hydrogen-bond donors (Lipinski definition) is 1. The van der Waals surface area contributed by atoms with Crippen molar-refractivity contribution < 1.29 is 0 Å².